The maximum absolute atomic E-state index is 5.78. The first-order valence-corrected chi connectivity index (χ1v) is 7.66. The topological polar surface area (TPSA) is 66.4 Å². The monoisotopic (exact) mass is 294 g/mol. The first-order chi connectivity index (χ1) is 10.1. The zero-order valence-corrected chi connectivity index (χ0v) is 13.6. The molecule has 7 nitrogen and oxygen atoms in total. The summed E-state index contributed by atoms with van der Waals surface area (Å²) < 4.78 is 5.78. The highest BCUT2D eigenvalue weighted by Crippen LogP contribution is 2.20. The highest BCUT2D eigenvalue weighted by molar-refractivity contribution is 5.45. The molecular formula is C14H26N6O. The number of morpholine rings is 1. The third kappa shape index (κ3) is 3.72. The lowest BCUT2D eigenvalue weighted by atomic mass is 10.2. The fourth-order valence-electron chi connectivity index (χ4n) is 2.60. The Morgan fingerprint density at radius 2 is 1.76 bits per heavy atom. The SMILES string of the molecule is CCN(CC)c1nc(NC)nc(N2CC(C)OC(C)C2)n1. The second-order valence-corrected chi connectivity index (χ2v) is 5.34. The van der Waals surface area contributed by atoms with Crippen molar-refractivity contribution < 1.29 is 4.74 Å². The predicted octanol–water partition coefficient (Wildman–Crippen LogP) is 1.37. The molecule has 2 heterocycles. The molecule has 0 aromatic carbocycles. The van der Waals surface area contributed by atoms with Crippen LogP contribution >= 0.6 is 0 Å². The summed E-state index contributed by atoms with van der Waals surface area (Å²) in [6.45, 7) is 11.7. The normalized spacial score (nSPS) is 22.2. The number of ether oxygens (including phenoxy) is 1. The van der Waals surface area contributed by atoms with Gasteiger partial charge in [0, 0.05) is 33.2 Å². The van der Waals surface area contributed by atoms with Gasteiger partial charge in [0.15, 0.2) is 0 Å². The second-order valence-electron chi connectivity index (χ2n) is 5.34. The van der Waals surface area contributed by atoms with Gasteiger partial charge < -0.3 is 19.9 Å². The molecule has 2 rings (SSSR count). The summed E-state index contributed by atoms with van der Waals surface area (Å²) in [5, 5.41) is 3.03. The minimum atomic E-state index is 0.181. The Labute approximate surface area is 126 Å². The molecule has 1 fully saturated rings. The molecule has 118 valence electrons. The van der Waals surface area contributed by atoms with Crippen LogP contribution in [0.25, 0.3) is 0 Å². The van der Waals surface area contributed by atoms with Crippen molar-refractivity contribution in [3.63, 3.8) is 0 Å². The lowest BCUT2D eigenvalue weighted by molar-refractivity contribution is -0.00572. The van der Waals surface area contributed by atoms with Crippen molar-refractivity contribution in [3.05, 3.63) is 0 Å². The summed E-state index contributed by atoms with van der Waals surface area (Å²) in [6, 6.07) is 0. The van der Waals surface area contributed by atoms with Crippen LogP contribution in [0.3, 0.4) is 0 Å². The third-order valence-corrected chi connectivity index (χ3v) is 3.58. The molecule has 7 heteroatoms. The largest absolute Gasteiger partial charge is 0.372 e. The van der Waals surface area contributed by atoms with Gasteiger partial charge in [0.05, 0.1) is 12.2 Å². The van der Waals surface area contributed by atoms with Gasteiger partial charge >= 0.3 is 0 Å². The Kier molecular flexibility index (Phi) is 5.17. The molecular weight excluding hydrogens is 268 g/mol. The van der Waals surface area contributed by atoms with E-state index >= 15 is 0 Å². The number of hydrogen-bond donors (Lipinski definition) is 1. The average Bonchev–Trinajstić information content (AvgIpc) is 2.47. The highest BCUT2D eigenvalue weighted by Gasteiger charge is 2.25. The Morgan fingerprint density at radius 3 is 2.29 bits per heavy atom. The summed E-state index contributed by atoms with van der Waals surface area (Å²) in [4.78, 5) is 17.9. The van der Waals surface area contributed by atoms with E-state index in [1.807, 2.05) is 7.05 Å². The second kappa shape index (κ2) is 6.89. The number of hydrogen-bond acceptors (Lipinski definition) is 7. The summed E-state index contributed by atoms with van der Waals surface area (Å²) in [5.74, 6) is 2.05. The van der Waals surface area contributed by atoms with Gasteiger partial charge in [-0.2, -0.15) is 15.0 Å². The molecule has 2 unspecified atom stereocenters. The van der Waals surface area contributed by atoms with Crippen LogP contribution in [0, 0.1) is 0 Å². The standard InChI is InChI=1S/C14H26N6O/c1-6-19(7-2)13-16-12(15-5)17-14(18-13)20-8-10(3)21-11(4)9-20/h10-11H,6-9H2,1-5H3,(H,15,16,17,18). The zero-order chi connectivity index (χ0) is 15.4. The summed E-state index contributed by atoms with van der Waals surface area (Å²) in [6.07, 6.45) is 0.362. The van der Waals surface area contributed by atoms with Crippen LogP contribution < -0.4 is 15.1 Å². The molecule has 1 aliphatic rings. The highest BCUT2D eigenvalue weighted by atomic mass is 16.5. The molecule has 1 N–H and O–H groups in total. The molecule has 0 spiro atoms. The molecule has 1 saturated heterocycles. The Balaban J connectivity index is 2.31. The van der Waals surface area contributed by atoms with E-state index in [2.05, 4.69) is 57.8 Å². The summed E-state index contributed by atoms with van der Waals surface area (Å²) >= 11 is 0. The van der Waals surface area contributed by atoms with Crippen LogP contribution in [-0.2, 0) is 4.74 Å². The van der Waals surface area contributed by atoms with Gasteiger partial charge in [-0.1, -0.05) is 0 Å². The molecule has 0 amide bonds. The zero-order valence-electron chi connectivity index (χ0n) is 13.6. The van der Waals surface area contributed by atoms with Gasteiger partial charge in [-0.15, -0.1) is 0 Å². The first-order valence-electron chi connectivity index (χ1n) is 7.66. The van der Waals surface area contributed by atoms with Crippen molar-refractivity contribution >= 4 is 17.8 Å². The van der Waals surface area contributed by atoms with E-state index in [0.29, 0.717) is 5.95 Å². The van der Waals surface area contributed by atoms with Crippen LogP contribution in [0.2, 0.25) is 0 Å². The number of nitrogens with one attached hydrogen (secondary N) is 1. The van der Waals surface area contributed by atoms with Gasteiger partial charge in [-0.25, -0.2) is 0 Å². The van der Waals surface area contributed by atoms with Gasteiger partial charge in [0.2, 0.25) is 17.8 Å². The van der Waals surface area contributed by atoms with Crippen LogP contribution in [0.5, 0.6) is 0 Å². The van der Waals surface area contributed by atoms with Crippen LogP contribution in [0.1, 0.15) is 27.7 Å². The van der Waals surface area contributed by atoms with E-state index in [4.69, 9.17) is 4.74 Å². The Bertz CT molecular complexity index is 455. The van der Waals surface area contributed by atoms with Gasteiger partial charge in [-0.3, -0.25) is 0 Å². The van der Waals surface area contributed by atoms with Crippen molar-refractivity contribution in [1.29, 1.82) is 0 Å². The number of anilines is 3. The van der Waals surface area contributed by atoms with Crippen LogP contribution in [0.15, 0.2) is 0 Å². The molecule has 0 aliphatic carbocycles. The van der Waals surface area contributed by atoms with Crippen molar-refractivity contribution in [2.45, 2.75) is 39.9 Å². The van der Waals surface area contributed by atoms with Crippen molar-refractivity contribution in [2.24, 2.45) is 0 Å². The smallest absolute Gasteiger partial charge is 0.232 e. The maximum Gasteiger partial charge on any atom is 0.232 e. The molecule has 21 heavy (non-hydrogen) atoms. The molecule has 0 bridgehead atoms. The molecule has 0 radical (unpaired) electrons. The van der Waals surface area contributed by atoms with E-state index in [0.717, 1.165) is 38.1 Å². The Morgan fingerprint density at radius 1 is 1.14 bits per heavy atom. The number of nitrogens with zero attached hydrogens (tertiary/aromatic N) is 5. The lowest BCUT2D eigenvalue weighted by Gasteiger charge is -2.35. The number of aromatic nitrogens is 3. The molecule has 1 aromatic rings. The third-order valence-electron chi connectivity index (χ3n) is 3.58. The van der Waals surface area contributed by atoms with Gasteiger partial charge in [0.25, 0.3) is 0 Å². The quantitative estimate of drug-likeness (QED) is 0.879. The Hall–Kier alpha value is -1.63. The first kappa shape index (κ1) is 15.8. The fraction of sp³-hybridized carbons (Fsp3) is 0.786. The molecule has 1 aromatic heterocycles. The van der Waals surface area contributed by atoms with E-state index in [-0.39, 0.29) is 12.2 Å². The molecule has 2 atom stereocenters. The van der Waals surface area contributed by atoms with Crippen molar-refractivity contribution in [3.8, 4) is 0 Å². The van der Waals surface area contributed by atoms with E-state index in [1.54, 1.807) is 0 Å². The minimum Gasteiger partial charge on any atom is -0.372 e. The minimum absolute atomic E-state index is 0.181. The van der Waals surface area contributed by atoms with E-state index in [9.17, 15) is 0 Å². The molecule has 1 aliphatic heterocycles. The number of rotatable bonds is 5. The predicted molar refractivity (Wildman–Crippen MR) is 85.2 cm³/mol. The van der Waals surface area contributed by atoms with Gasteiger partial charge in [0.1, 0.15) is 0 Å². The van der Waals surface area contributed by atoms with E-state index < -0.39 is 0 Å². The summed E-state index contributed by atoms with van der Waals surface area (Å²) in [5.41, 5.74) is 0. The molecule has 0 saturated carbocycles. The van der Waals surface area contributed by atoms with Crippen molar-refractivity contribution in [2.75, 3.05) is 48.3 Å². The van der Waals surface area contributed by atoms with Crippen LogP contribution in [0.4, 0.5) is 17.8 Å². The van der Waals surface area contributed by atoms with Gasteiger partial charge in [-0.05, 0) is 27.7 Å². The average molecular weight is 294 g/mol. The maximum atomic E-state index is 5.78. The van der Waals surface area contributed by atoms with Crippen LogP contribution in [-0.4, -0.2) is 60.4 Å². The summed E-state index contributed by atoms with van der Waals surface area (Å²) in [7, 11) is 1.83. The lowest BCUT2D eigenvalue weighted by Crippen LogP contribution is -2.46. The fourth-order valence-corrected chi connectivity index (χ4v) is 2.60. The van der Waals surface area contributed by atoms with E-state index in [1.165, 1.54) is 0 Å². The van der Waals surface area contributed by atoms with Crippen molar-refractivity contribution in [1.82, 2.24) is 15.0 Å².